The molecule has 0 radical (unpaired) electrons. The summed E-state index contributed by atoms with van der Waals surface area (Å²) in [4.78, 5) is 14.7. The SMILES string of the molecule is CC1CCCN(C(C)CNC(=O)Nc2cccc(-n3cccc3)c2)C1. The fourth-order valence-electron chi connectivity index (χ4n) is 3.42. The molecule has 25 heavy (non-hydrogen) atoms. The molecule has 2 N–H and O–H groups in total. The van der Waals surface area contributed by atoms with Crippen molar-refractivity contribution in [2.75, 3.05) is 25.0 Å². The maximum absolute atomic E-state index is 12.2. The van der Waals surface area contributed by atoms with Crippen molar-refractivity contribution >= 4 is 11.7 Å². The number of carbonyl (C=O) groups is 1. The average Bonchev–Trinajstić information content (AvgIpc) is 3.14. The van der Waals surface area contributed by atoms with Gasteiger partial charge in [0.15, 0.2) is 0 Å². The Morgan fingerprint density at radius 3 is 2.84 bits per heavy atom. The number of carbonyl (C=O) groups excluding carboxylic acids is 1. The van der Waals surface area contributed by atoms with E-state index in [1.54, 1.807) is 0 Å². The van der Waals surface area contributed by atoms with Crippen molar-refractivity contribution in [3.63, 3.8) is 0 Å². The third-order valence-corrected chi connectivity index (χ3v) is 4.88. The molecule has 3 rings (SSSR count). The lowest BCUT2D eigenvalue weighted by Gasteiger charge is -2.35. The Labute approximate surface area is 150 Å². The Balaban J connectivity index is 1.50. The topological polar surface area (TPSA) is 49.3 Å². The zero-order chi connectivity index (χ0) is 17.6. The van der Waals surface area contributed by atoms with Crippen LogP contribution in [0.2, 0.25) is 0 Å². The van der Waals surface area contributed by atoms with Crippen LogP contribution in [0.15, 0.2) is 48.8 Å². The van der Waals surface area contributed by atoms with E-state index in [1.807, 2.05) is 53.4 Å². The Hall–Kier alpha value is -2.27. The molecule has 1 aromatic carbocycles. The van der Waals surface area contributed by atoms with E-state index < -0.39 is 0 Å². The lowest BCUT2D eigenvalue weighted by atomic mass is 9.99. The second kappa shape index (κ2) is 8.21. The van der Waals surface area contributed by atoms with Crippen LogP contribution in [0, 0.1) is 5.92 Å². The molecule has 0 spiro atoms. The summed E-state index contributed by atoms with van der Waals surface area (Å²) in [5, 5.41) is 5.93. The maximum Gasteiger partial charge on any atom is 0.319 e. The van der Waals surface area contributed by atoms with Crippen LogP contribution in [0.4, 0.5) is 10.5 Å². The highest BCUT2D eigenvalue weighted by atomic mass is 16.2. The highest BCUT2D eigenvalue weighted by Crippen LogP contribution is 2.17. The number of rotatable bonds is 5. The van der Waals surface area contributed by atoms with Crippen LogP contribution in [-0.2, 0) is 0 Å². The molecular formula is C20H28N4O. The fourth-order valence-corrected chi connectivity index (χ4v) is 3.42. The van der Waals surface area contributed by atoms with Gasteiger partial charge in [0.2, 0.25) is 0 Å². The van der Waals surface area contributed by atoms with E-state index in [0.717, 1.165) is 30.4 Å². The molecule has 5 heteroatoms. The minimum Gasteiger partial charge on any atom is -0.336 e. The van der Waals surface area contributed by atoms with Crippen molar-refractivity contribution < 1.29 is 4.79 Å². The largest absolute Gasteiger partial charge is 0.336 e. The number of nitrogens with zero attached hydrogens (tertiary/aromatic N) is 2. The summed E-state index contributed by atoms with van der Waals surface area (Å²) in [7, 11) is 0. The molecule has 2 amide bonds. The molecule has 0 saturated carbocycles. The molecule has 2 unspecified atom stereocenters. The zero-order valence-electron chi connectivity index (χ0n) is 15.1. The van der Waals surface area contributed by atoms with Crippen LogP contribution in [0.1, 0.15) is 26.7 Å². The van der Waals surface area contributed by atoms with Gasteiger partial charge in [0.05, 0.1) is 0 Å². The summed E-state index contributed by atoms with van der Waals surface area (Å²) in [6, 6.07) is 12.0. The molecule has 2 aromatic rings. The Morgan fingerprint density at radius 1 is 1.28 bits per heavy atom. The minimum atomic E-state index is -0.151. The quantitative estimate of drug-likeness (QED) is 0.871. The highest BCUT2D eigenvalue weighted by Gasteiger charge is 2.21. The van der Waals surface area contributed by atoms with Crippen molar-refractivity contribution in [2.45, 2.75) is 32.7 Å². The van der Waals surface area contributed by atoms with E-state index in [1.165, 1.54) is 12.8 Å². The van der Waals surface area contributed by atoms with Crippen molar-refractivity contribution in [1.82, 2.24) is 14.8 Å². The number of aromatic nitrogens is 1. The number of likely N-dealkylation sites (tertiary alicyclic amines) is 1. The summed E-state index contributed by atoms with van der Waals surface area (Å²) >= 11 is 0. The normalized spacial score (nSPS) is 19.4. The van der Waals surface area contributed by atoms with Crippen molar-refractivity contribution in [1.29, 1.82) is 0 Å². The Morgan fingerprint density at radius 2 is 2.08 bits per heavy atom. The maximum atomic E-state index is 12.2. The number of amides is 2. The van der Waals surface area contributed by atoms with Crippen molar-refractivity contribution in [2.24, 2.45) is 5.92 Å². The lowest BCUT2D eigenvalue weighted by Crippen LogP contribution is -2.47. The number of hydrogen-bond donors (Lipinski definition) is 2. The van der Waals surface area contributed by atoms with Crippen LogP contribution in [0.5, 0.6) is 0 Å². The van der Waals surface area contributed by atoms with Crippen LogP contribution >= 0.6 is 0 Å². The molecule has 1 fully saturated rings. The third-order valence-electron chi connectivity index (χ3n) is 4.88. The molecule has 0 bridgehead atoms. The standard InChI is InChI=1S/C20H28N4O/c1-16-7-6-12-24(15-16)17(2)14-21-20(25)22-18-8-5-9-19(13-18)23-10-3-4-11-23/h3-5,8-11,13,16-17H,6-7,12,14-15H2,1-2H3,(H2,21,22,25). The molecule has 0 aliphatic carbocycles. The van der Waals surface area contributed by atoms with Gasteiger partial charge in [0, 0.05) is 42.9 Å². The van der Waals surface area contributed by atoms with E-state index >= 15 is 0 Å². The second-order valence-electron chi connectivity index (χ2n) is 7.07. The van der Waals surface area contributed by atoms with E-state index in [9.17, 15) is 4.79 Å². The van der Waals surface area contributed by atoms with E-state index in [2.05, 4.69) is 29.4 Å². The van der Waals surface area contributed by atoms with Crippen molar-refractivity contribution in [3.05, 3.63) is 48.8 Å². The van der Waals surface area contributed by atoms with Gasteiger partial charge in [-0.15, -0.1) is 0 Å². The Bertz CT molecular complexity index is 683. The van der Waals surface area contributed by atoms with Crippen LogP contribution in [-0.4, -0.2) is 41.2 Å². The number of anilines is 1. The van der Waals surface area contributed by atoms with Gasteiger partial charge < -0.3 is 15.2 Å². The van der Waals surface area contributed by atoms with Gasteiger partial charge in [0.1, 0.15) is 0 Å². The first-order valence-electron chi connectivity index (χ1n) is 9.14. The van der Waals surface area contributed by atoms with E-state index in [-0.39, 0.29) is 6.03 Å². The molecule has 5 nitrogen and oxygen atoms in total. The summed E-state index contributed by atoms with van der Waals surface area (Å²) in [6.45, 7) is 7.41. The molecule has 1 aliphatic rings. The van der Waals surface area contributed by atoms with Crippen LogP contribution in [0.25, 0.3) is 5.69 Å². The van der Waals surface area contributed by atoms with Gasteiger partial charge in [-0.05, 0) is 62.6 Å². The van der Waals surface area contributed by atoms with Crippen molar-refractivity contribution in [3.8, 4) is 5.69 Å². The van der Waals surface area contributed by atoms with Gasteiger partial charge >= 0.3 is 6.03 Å². The predicted molar refractivity (Wildman–Crippen MR) is 102 cm³/mol. The summed E-state index contributed by atoms with van der Waals surface area (Å²) < 4.78 is 2.02. The molecule has 2 heterocycles. The fraction of sp³-hybridized carbons (Fsp3) is 0.450. The molecule has 2 atom stereocenters. The number of hydrogen-bond acceptors (Lipinski definition) is 2. The summed E-state index contributed by atoms with van der Waals surface area (Å²) in [5.41, 5.74) is 1.82. The first-order valence-corrected chi connectivity index (χ1v) is 9.14. The lowest BCUT2D eigenvalue weighted by molar-refractivity contribution is 0.138. The molecule has 1 saturated heterocycles. The molecular weight excluding hydrogens is 312 g/mol. The van der Waals surface area contributed by atoms with Gasteiger partial charge in [-0.2, -0.15) is 0 Å². The highest BCUT2D eigenvalue weighted by molar-refractivity contribution is 5.89. The molecule has 1 aromatic heterocycles. The second-order valence-corrected chi connectivity index (χ2v) is 7.07. The molecule has 134 valence electrons. The number of piperidine rings is 1. The predicted octanol–water partition coefficient (Wildman–Crippen LogP) is 3.72. The minimum absolute atomic E-state index is 0.151. The van der Waals surface area contributed by atoms with Gasteiger partial charge in [-0.1, -0.05) is 13.0 Å². The van der Waals surface area contributed by atoms with E-state index in [4.69, 9.17) is 0 Å². The number of nitrogens with one attached hydrogen (secondary N) is 2. The van der Waals surface area contributed by atoms with E-state index in [0.29, 0.717) is 12.6 Å². The number of benzene rings is 1. The van der Waals surface area contributed by atoms with Crippen LogP contribution in [0.3, 0.4) is 0 Å². The summed E-state index contributed by atoms with van der Waals surface area (Å²) in [6.07, 6.45) is 6.54. The smallest absolute Gasteiger partial charge is 0.319 e. The third kappa shape index (κ3) is 4.86. The first-order chi connectivity index (χ1) is 12.1. The zero-order valence-corrected chi connectivity index (χ0v) is 15.1. The monoisotopic (exact) mass is 340 g/mol. The molecule has 1 aliphatic heterocycles. The van der Waals surface area contributed by atoms with Gasteiger partial charge in [0.25, 0.3) is 0 Å². The summed E-state index contributed by atoms with van der Waals surface area (Å²) in [5.74, 6) is 0.751. The Kier molecular flexibility index (Phi) is 5.76. The first kappa shape index (κ1) is 17.5. The van der Waals surface area contributed by atoms with Crippen LogP contribution < -0.4 is 10.6 Å². The van der Waals surface area contributed by atoms with Gasteiger partial charge in [-0.25, -0.2) is 4.79 Å². The average molecular weight is 340 g/mol. The number of urea groups is 1. The van der Waals surface area contributed by atoms with Gasteiger partial charge in [-0.3, -0.25) is 4.90 Å².